The third kappa shape index (κ3) is 2.74. The lowest BCUT2D eigenvalue weighted by molar-refractivity contribution is 0.0690. The molecule has 0 atom stereocenters. The zero-order valence-corrected chi connectivity index (χ0v) is 13.3. The molecule has 2 N–H and O–H groups in total. The Bertz CT molecular complexity index is 847. The molecule has 0 amide bonds. The topological polar surface area (TPSA) is 75.1 Å². The van der Waals surface area contributed by atoms with Crippen LogP contribution >= 0.6 is 27.3 Å². The van der Waals surface area contributed by atoms with Crippen molar-refractivity contribution in [2.24, 2.45) is 0 Å². The molecule has 3 rings (SSSR count). The zero-order valence-electron chi connectivity index (χ0n) is 10.9. The molecule has 21 heavy (non-hydrogen) atoms. The summed E-state index contributed by atoms with van der Waals surface area (Å²) < 4.78 is 0.908. The third-order valence-electron chi connectivity index (χ3n) is 2.92. The number of rotatable bonds is 3. The molecular formula is C14H10BrN3O2S. The Morgan fingerprint density at radius 3 is 2.95 bits per heavy atom. The number of para-hydroxylation sites is 1. The van der Waals surface area contributed by atoms with Crippen LogP contribution in [0.25, 0.3) is 10.9 Å². The maximum Gasteiger partial charge on any atom is 0.355 e. The van der Waals surface area contributed by atoms with Crippen molar-refractivity contribution in [1.82, 2.24) is 9.97 Å². The third-order valence-corrected chi connectivity index (χ3v) is 4.24. The SMILES string of the molecule is Cc1sc(Nc2cccc3cc(Br)cnc23)nc1C(=O)O. The number of benzene rings is 1. The number of hydrogen-bond donors (Lipinski definition) is 2. The number of fused-ring (bicyclic) bond motifs is 1. The molecule has 1 aromatic carbocycles. The summed E-state index contributed by atoms with van der Waals surface area (Å²) in [7, 11) is 0. The van der Waals surface area contributed by atoms with Crippen LogP contribution in [0.15, 0.2) is 34.9 Å². The summed E-state index contributed by atoms with van der Waals surface area (Å²) in [6.45, 7) is 1.74. The highest BCUT2D eigenvalue weighted by Gasteiger charge is 2.14. The summed E-state index contributed by atoms with van der Waals surface area (Å²) in [5.74, 6) is -1.02. The van der Waals surface area contributed by atoms with E-state index in [9.17, 15) is 4.79 Å². The first-order valence-corrected chi connectivity index (χ1v) is 7.67. The number of aryl methyl sites for hydroxylation is 1. The molecule has 5 nitrogen and oxygen atoms in total. The van der Waals surface area contributed by atoms with Gasteiger partial charge in [-0.3, -0.25) is 4.98 Å². The van der Waals surface area contributed by atoms with Crippen LogP contribution < -0.4 is 5.32 Å². The maximum absolute atomic E-state index is 11.0. The highest BCUT2D eigenvalue weighted by atomic mass is 79.9. The Morgan fingerprint density at radius 2 is 2.24 bits per heavy atom. The van der Waals surface area contributed by atoms with Crippen LogP contribution in [0.4, 0.5) is 10.8 Å². The molecule has 106 valence electrons. The lowest BCUT2D eigenvalue weighted by atomic mass is 10.2. The molecule has 0 bridgehead atoms. The van der Waals surface area contributed by atoms with Crippen molar-refractivity contribution in [2.45, 2.75) is 6.92 Å². The van der Waals surface area contributed by atoms with E-state index in [0.717, 1.165) is 21.1 Å². The van der Waals surface area contributed by atoms with Crippen LogP contribution in [0.5, 0.6) is 0 Å². The van der Waals surface area contributed by atoms with Crippen LogP contribution in [0.3, 0.4) is 0 Å². The van der Waals surface area contributed by atoms with E-state index in [1.807, 2.05) is 24.3 Å². The Hall–Kier alpha value is -1.99. The Kier molecular flexibility index (Phi) is 3.60. The van der Waals surface area contributed by atoms with Crippen molar-refractivity contribution >= 4 is 55.0 Å². The van der Waals surface area contributed by atoms with E-state index >= 15 is 0 Å². The fourth-order valence-electron chi connectivity index (χ4n) is 2.00. The minimum Gasteiger partial charge on any atom is -0.476 e. The lowest BCUT2D eigenvalue weighted by Crippen LogP contribution is -1.99. The van der Waals surface area contributed by atoms with Crippen LogP contribution in [0.1, 0.15) is 15.4 Å². The second-order valence-corrected chi connectivity index (χ2v) is 6.50. The van der Waals surface area contributed by atoms with E-state index in [1.54, 1.807) is 13.1 Å². The van der Waals surface area contributed by atoms with Gasteiger partial charge in [0.2, 0.25) is 0 Å². The lowest BCUT2D eigenvalue weighted by Gasteiger charge is -2.06. The number of aromatic nitrogens is 2. The number of carboxylic acids is 1. The summed E-state index contributed by atoms with van der Waals surface area (Å²) >= 11 is 4.70. The molecule has 0 saturated carbocycles. The Labute approximate surface area is 132 Å². The first kappa shape index (κ1) is 14.0. The molecular weight excluding hydrogens is 354 g/mol. The molecule has 0 radical (unpaired) electrons. The average Bonchev–Trinajstić information content (AvgIpc) is 2.79. The summed E-state index contributed by atoms with van der Waals surface area (Å²) in [5, 5.41) is 13.7. The molecule has 0 aliphatic heterocycles. The molecule has 0 aliphatic carbocycles. The summed E-state index contributed by atoms with van der Waals surface area (Å²) in [6, 6.07) is 7.75. The predicted octanol–water partition coefficient (Wildman–Crippen LogP) is 4.20. The maximum atomic E-state index is 11.0. The van der Waals surface area contributed by atoms with Crippen molar-refractivity contribution < 1.29 is 9.90 Å². The number of anilines is 2. The largest absolute Gasteiger partial charge is 0.476 e. The molecule has 3 aromatic rings. The zero-order chi connectivity index (χ0) is 15.0. The van der Waals surface area contributed by atoms with Gasteiger partial charge in [0.15, 0.2) is 10.8 Å². The number of thiazole rings is 1. The van der Waals surface area contributed by atoms with Crippen LogP contribution in [-0.4, -0.2) is 21.0 Å². The number of pyridine rings is 1. The van der Waals surface area contributed by atoms with Crippen LogP contribution in [0.2, 0.25) is 0 Å². The molecule has 2 heterocycles. The van der Waals surface area contributed by atoms with Crippen molar-refractivity contribution in [3.05, 3.63) is 45.5 Å². The molecule has 7 heteroatoms. The first-order chi connectivity index (χ1) is 10.0. The van der Waals surface area contributed by atoms with Gasteiger partial charge in [-0.05, 0) is 35.0 Å². The Balaban J connectivity index is 2.02. The van der Waals surface area contributed by atoms with Gasteiger partial charge in [0, 0.05) is 20.9 Å². The van der Waals surface area contributed by atoms with E-state index in [0.29, 0.717) is 10.0 Å². The summed E-state index contributed by atoms with van der Waals surface area (Å²) in [6.07, 6.45) is 1.73. The summed E-state index contributed by atoms with van der Waals surface area (Å²) in [5.41, 5.74) is 1.69. The van der Waals surface area contributed by atoms with Gasteiger partial charge in [-0.25, -0.2) is 9.78 Å². The Morgan fingerprint density at radius 1 is 1.43 bits per heavy atom. The van der Waals surface area contributed by atoms with E-state index in [1.165, 1.54) is 11.3 Å². The number of aromatic carboxylic acids is 1. The smallest absolute Gasteiger partial charge is 0.355 e. The van der Waals surface area contributed by atoms with Gasteiger partial charge in [0.25, 0.3) is 0 Å². The van der Waals surface area contributed by atoms with E-state index in [-0.39, 0.29) is 5.69 Å². The predicted molar refractivity (Wildman–Crippen MR) is 86.5 cm³/mol. The molecule has 0 unspecified atom stereocenters. The van der Waals surface area contributed by atoms with Gasteiger partial charge in [-0.2, -0.15) is 0 Å². The molecule has 0 spiro atoms. The minimum absolute atomic E-state index is 0.0819. The fourth-order valence-corrected chi connectivity index (χ4v) is 3.16. The van der Waals surface area contributed by atoms with Gasteiger partial charge >= 0.3 is 5.97 Å². The fraction of sp³-hybridized carbons (Fsp3) is 0.0714. The average molecular weight is 364 g/mol. The van der Waals surface area contributed by atoms with Crippen molar-refractivity contribution in [3.8, 4) is 0 Å². The van der Waals surface area contributed by atoms with Crippen LogP contribution in [-0.2, 0) is 0 Å². The second kappa shape index (κ2) is 5.42. The molecule has 0 saturated heterocycles. The van der Waals surface area contributed by atoms with Gasteiger partial charge < -0.3 is 10.4 Å². The van der Waals surface area contributed by atoms with Gasteiger partial charge in [-0.15, -0.1) is 11.3 Å². The van der Waals surface area contributed by atoms with Crippen molar-refractivity contribution in [2.75, 3.05) is 5.32 Å². The van der Waals surface area contributed by atoms with Gasteiger partial charge in [-0.1, -0.05) is 12.1 Å². The number of nitrogens with one attached hydrogen (secondary N) is 1. The highest BCUT2D eigenvalue weighted by molar-refractivity contribution is 9.10. The van der Waals surface area contributed by atoms with E-state index in [2.05, 4.69) is 31.2 Å². The number of carboxylic acid groups (broad SMARTS) is 1. The van der Waals surface area contributed by atoms with Crippen molar-refractivity contribution in [3.63, 3.8) is 0 Å². The summed E-state index contributed by atoms with van der Waals surface area (Å²) in [4.78, 5) is 20.2. The molecule has 0 fully saturated rings. The number of nitrogens with zero attached hydrogens (tertiary/aromatic N) is 2. The second-order valence-electron chi connectivity index (χ2n) is 4.38. The molecule has 0 aliphatic rings. The highest BCUT2D eigenvalue weighted by Crippen LogP contribution is 2.29. The van der Waals surface area contributed by atoms with Gasteiger partial charge in [0.1, 0.15) is 0 Å². The number of carbonyl (C=O) groups is 1. The van der Waals surface area contributed by atoms with E-state index in [4.69, 9.17) is 5.11 Å². The first-order valence-electron chi connectivity index (χ1n) is 6.06. The number of halogens is 1. The number of hydrogen-bond acceptors (Lipinski definition) is 5. The van der Waals surface area contributed by atoms with E-state index < -0.39 is 5.97 Å². The standard InChI is InChI=1S/C14H10BrN3O2S/c1-7-11(13(19)20)18-14(21-7)17-10-4-2-3-8-5-9(15)6-16-12(8)10/h2-6H,1H3,(H,17,18)(H,19,20). The normalized spacial score (nSPS) is 10.8. The van der Waals surface area contributed by atoms with Crippen molar-refractivity contribution in [1.29, 1.82) is 0 Å². The quantitative estimate of drug-likeness (QED) is 0.728. The minimum atomic E-state index is -1.02. The van der Waals surface area contributed by atoms with Gasteiger partial charge in [0.05, 0.1) is 11.2 Å². The monoisotopic (exact) mass is 363 g/mol. The van der Waals surface area contributed by atoms with Crippen LogP contribution in [0, 0.1) is 6.92 Å². The molecule has 2 aromatic heterocycles.